The van der Waals surface area contributed by atoms with E-state index in [4.69, 9.17) is 5.53 Å². The second-order valence-corrected chi connectivity index (χ2v) is 4.96. The van der Waals surface area contributed by atoms with Crippen LogP contribution in [-0.2, 0) is 11.3 Å². The predicted molar refractivity (Wildman–Crippen MR) is 72.7 cm³/mol. The minimum Gasteiger partial charge on any atom is -0.336 e. The van der Waals surface area contributed by atoms with Crippen LogP contribution >= 0.6 is 0 Å². The number of azide groups is 1. The van der Waals surface area contributed by atoms with Gasteiger partial charge in [-0.15, -0.1) is 0 Å². The minimum absolute atomic E-state index is 0.0974. The maximum atomic E-state index is 11.9. The summed E-state index contributed by atoms with van der Waals surface area (Å²) in [6.07, 6.45) is 4.32. The molecule has 1 saturated heterocycles. The molecule has 3 rings (SSSR count). The van der Waals surface area contributed by atoms with E-state index < -0.39 is 0 Å². The fraction of sp³-hybridized carbons (Fsp3) is 0.385. The van der Waals surface area contributed by atoms with Crippen LogP contribution < -0.4 is 0 Å². The van der Waals surface area contributed by atoms with E-state index in [1.807, 2.05) is 35.0 Å². The van der Waals surface area contributed by atoms with Crippen LogP contribution in [0.1, 0.15) is 12.1 Å². The lowest BCUT2D eigenvalue weighted by Gasteiger charge is -2.14. The van der Waals surface area contributed by atoms with E-state index >= 15 is 0 Å². The highest BCUT2D eigenvalue weighted by molar-refractivity contribution is 5.78. The van der Waals surface area contributed by atoms with Gasteiger partial charge in [0.1, 0.15) is 5.65 Å². The van der Waals surface area contributed by atoms with Gasteiger partial charge in [0.25, 0.3) is 0 Å². The molecule has 1 atom stereocenters. The molecule has 20 heavy (non-hydrogen) atoms. The van der Waals surface area contributed by atoms with Crippen LogP contribution in [0.15, 0.2) is 35.7 Å². The van der Waals surface area contributed by atoms with Crippen LogP contribution in [0.4, 0.5) is 0 Å². The Hall–Kier alpha value is -2.53. The number of fused-ring (bicyclic) bond motifs is 1. The van der Waals surface area contributed by atoms with E-state index in [-0.39, 0.29) is 11.8 Å². The van der Waals surface area contributed by atoms with Crippen molar-refractivity contribution in [3.63, 3.8) is 0 Å². The van der Waals surface area contributed by atoms with Gasteiger partial charge in [0, 0.05) is 36.8 Å². The minimum atomic E-state index is 0.0974. The van der Waals surface area contributed by atoms with Gasteiger partial charge >= 0.3 is 0 Å². The molecule has 1 amide bonds. The first-order chi connectivity index (χ1) is 9.76. The average Bonchev–Trinajstić information content (AvgIpc) is 3.00. The summed E-state index contributed by atoms with van der Waals surface area (Å²) in [5.41, 5.74) is 10.1. The lowest BCUT2D eigenvalue weighted by atomic mass is 10.1. The molecular weight excluding hydrogens is 256 g/mol. The van der Waals surface area contributed by atoms with E-state index in [2.05, 4.69) is 15.0 Å². The van der Waals surface area contributed by atoms with Gasteiger partial charge in [-0.05, 0) is 23.6 Å². The molecule has 1 unspecified atom stereocenters. The number of amides is 1. The molecule has 102 valence electrons. The summed E-state index contributed by atoms with van der Waals surface area (Å²) < 4.78 is 1.94. The zero-order chi connectivity index (χ0) is 13.9. The van der Waals surface area contributed by atoms with Crippen molar-refractivity contribution < 1.29 is 4.79 Å². The molecule has 0 N–H and O–H groups in total. The van der Waals surface area contributed by atoms with Gasteiger partial charge in [0.15, 0.2) is 0 Å². The molecule has 2 aromatic heterocycles. The Morgan fingerprint density at radius 3 is 3.20 bits per heavy atom. The second kappa shape index (κ2) is 5.22. The molecule has 1 aliphatic heterocycles. The van der Waals surface area contributed by atoms with Crippen LogP contribution in [0.2, 0.25) is 0 Å². The van der Waals surface area contributed by atoms with Crippen molar-refractivity contribution >= 4 is 11.6 Å². The fourth-order valence-corrected chi connectivity index (χ4v) is 2.54. The highest BCUT2D eigenvalue weighted by Crippen LogP contribution is 2.20. The highest BCUT2D eigenvalue weighted by atomic mass is 16.2. The third-order valence-electron chi connectivity index (χ3n) is 3.46. The number of carbonyl (C=O) groups is 1. The lowest BCUT2D eigenvalue weighted by molar-refractivity contribution is -0.128. The first kappa shape index (κ1) is 12.5. The van der Waals surface area contributed by atoms with E-state index in [9.17, 15) is 4.79 Å². The molecule has 0 aromatic carbocycles. The number of hydrogen-bond donors (Lipinski definition) is 0. The number of likely N-dealkylation sites (tertiary alicyclic amines) is 1. The summed E-state index contributed by atoms with van der Waals surface area (Å²) in [7, 11) is 0. The molecule has 0 spiro atoms. The molecule has 2 aromatic rings. The van der Waals surface area contributed by atoms with Crippen molar-refractivity contribution in [1.29, 1.82) is 0 Å². The monoisotopic (exact) mass is 270 g/mol. The lowest BCUT2D eigenvalue weighted by Crippen LogP contribution is -2.25. The third kappa shape index (κ3) is 2.44. The summed E-state index contributed by atoms with van der Waals surface area (Å²) in [6, 6.07) is 5.80. The molecule has 7 nitrogen and oxygen atoms in total. The van der Waals surface area contributed by atoms with Crippen LogP contribution in [0.5, 0.6) is 0 Å². The van der Waals surface area contributed by atoms with Gasteiger partial charge in [-0.25, -0.2) is 4.98 Å². The van der Waals surface area contributed by atoms with Crippen molar-refractivity contribution in [2.45, 2.75) is 13.0 Å². The van der Waals surface area contributed by atoms with Crippen LogP contribution in [0.25, 0.3) is 16.1 Å². The maximum Gasteiger partial charge on any atom is 0.223 e. The second-order valence-electron chi connectivity index (χ2n) is 4.96. The van der Waals surface area contributed by atoms with Crippen molar-refractivity contribution in [1.82, 2.24) is 14.3 Å². The molecule has 0 aliphatic carbocycles. The van der Waals surface area contributed by atoms with Gasteiger partial charge in [-0.2, -0.15) is 0 Å². The Balaban J connectivity index is 1.71. The normalized spacial score (nSPS) is 18.5. The van der Waals surface area contributed by atoms with Gasteiger partial charge < -0.3 is 9.30 Å². The molecule has 7 heteroatoms. The smallest absolute Gasteiger partial charge is 0.223 e. The number of pyridine rings is 1. The maximum absolute atomic E-state index is 11.9. The molecule has 3 heterocycles. The van der Waals surface area contributed by atoms with Crippen molar-refractivity contribution in [2.75, 3.05) is 13.1 Å². The summed E-state index contributed by atoms with van der Waals surface area (Å²) in [5.74, 6) is 0.218. The topological polar surface area (TPSA) is 86.4 Å². The summed E-state index contributed by atoms with van der Waals surface area (Å²) in [5, 5.41) is 3.55. The van der Waals surface area contributed by atoms with Crippen molar-refractivity contribution in [3.8, 4) is 0 Å². The Morgan fingerprint density at radius 1 is 1.50 bits per heavy atom. The number of carbonyl (C=O) groups excluding carboxylic acids is 1. The SMILES string of the molecule is [N-]=[N+]=NCC1CC(=O)N(Cc2cn3ccccc3n2)C1. The van der Waals surface area contributed by atoms with Crippen LogP contribution in [0, 0.1) is 5.92 Å². The van der Waals surface area contributed by atoms with E-state index in [0.29, 0.717) is 26.1 Å². The summed E-state index contributed by atoms with van der Waals surface area (Å²) >= 11 is 0. The molecular formula is C13H14N6O. The first-order valence-corrected chi connectivity index (χ1v) is 6.47. The van der Waals surface area contributed by atoms with E-state index in [1.54, 1.807) is 4.90 Å². The Kier molecular flexibility index (Phi) is 3.26. The largest absolute Gasteiger partial charge is 0.336 e. The zero-order valence-corrected chi connectivity index (χ0v) is 10.9. The third-order valence-corrected chi connectivity index (χ3v) is 3.46. The molecule has 0 saturated carbocycles. The Bertz CT molecular complexity index is 654. The number of aromatic nitrogens is 2. The molecule has 1 fully saturated rings. The highest BCUT2D eigenvalue weighted by Gasteiger charge is 2.29. The summed E-state index contributed by atoms with van der Waals surface area (Å²) in [6.45, 7) is 1.52. The molecule has 0 bridgehead atoms. The van der Waals surface area contributed by atoms with Gasteiger partial charge in [0.2, 0.25) is 5.91 Å². The van der Waals surface area contributed by atoms with E-state index in [1.165, 1.54) is 0 Å². The predicted octanol–water partition coefficient (Wildman–Crippen LogP) is 1.99. The zero-order valence-electron chi connectivity index (χ0n) is 10.9. The van der Waals surface area contributed by atoms with Gasteiger partial charge in [-0.3, -0.25) is 4.79 Å². The number of rotatable bonds is 4. The van der Waals surface area contributed by atoms with E-state index in [0.717, 1.165) is 11.3 Å². The number of nitrogens with zero attached hydrogens (tertiary/aromatic N) is 6. The van der Waals surface area contributed by atoms with Crippen molar-refractivity contribution in [2.24, 2.45) is 11.0 Å². The number of imidazole rings is 1. The van der Waals surface area contributed by atoms with Crippen LogP contribution in [0.3, 0.4) is 0 Å². The van der Waals surface area contributed by atoms with Crippen LogP contribution in [-0.4, -0.2) is 33.3 Å². The fourth-order valence-electron chi connectivity index (χ4n) is 2.54. The van der Waals surface area contributed by atoms with Gasteiger partial charge in [0.05, 0.1) is 12.2 Å². The Labute approximate surface area is 115 Å². The molecule has 0 radical (unpaired) electrons. The Morgan fingerprint density at radius 2 is 2.40 bits per heavy atom. The quantitative estimate of drug-likeness (QED) is 0.483. The number of hydrogen-bond acceptors (Lipinski definition) is 3. The molecule has 1 aliphatic rings. The van der Waals surface area contributed by atoms with Gasteiger partial charge in [-0.1, -0.05) is 11.2 Å². The average molecular weight is 270 g/mol. The first-order valence-electron chi connectivity index (χ1n) is 6.47. The summed E-state index contributed by atoms with van der Waals surface area (Å²) in [4.78, 5) is 20.9. The van der Waals surface area contributed by atoms with Crippen molar-refractivity contribution in [3.05, 3.63) is 46.7 Å². The standard InChI is InChI=1S/C13H14N6O/c14-17-15-6-10-5-13(20)19(7-10)9-11-8-18-4-2-1-3-12(18)16-11/h1-4,8,10H,5-7,9H2.